The molecule has 0 fully saturated rings. The van der Waals surface area contributed by atoms with Crippen molar-refractivity contribution in [1.29, 1.82) is 0 Å². The van der Waals surface area contributed by atoms with Crippen LogP contribution >= 0.6 is 0 Å². The fraction of sp³-hybridized carbons (Fsp3) is 0.200. The molecule has 0 radical (unpaired) electrons. The molecule has 0 saturated carbocycles. The van der Waals surface area contributed by atoms with Crippen LogP contribution in [0.15, 0.2) is 42.5 Å². The molecule has 0 bridgehead atoms. The van der Waals surface area contributed by atoms with E-state index in [1.165, 1.54) is 7.11 Å². The van der Waals surface area contributed by atoms with Gasteiger partial charge in [-0.05, 0) is 29.8 Å². The third-order valence-electron chi connectivity index (χ3n) is 2.71. The van der Waals surface area contributed by atoms with Crippen molar-refractivity contribution in [3.05, 3.63) is 48.0 Å². The highest BCUT2D eigenvalue weighted by molar-refractivity contribution is 5.42. The highest BCUT2D eigenvalue weighted by atomic mass is 16.5. The maximum atomic E-state index is 9.68. The van der Waals surface area contributed by atoms with Crippen LogP contribution < -0.4 is 14.2 Å². The van der Waals surface area contributed by atoms with Gasteiger partial charge in [-0.15, -0.1) is 0 Å². The molecule has 0 aliphatic rings. The van der Waals surface area contributed by atoms with Crippen LogP contribution in [0.3, 0.4) is 0 Å². The number of phenolic OH excluding ortho intramolecular Hbond substituents is 1. The summed E-state index contributed by atoms with van der Waals surface area (Å²) in [5.41, 5.74) is 0.851. The number of hydrogen-bond acceptors (Lipinski definition) is 4. The zero-order chi connectivity index (χ0) is 13.7. The summed E-state index contributed by atoms with van der Waals surface area (Å²) in [4.78, 5) is 0. The fourth-order valence-electron chi connectivity index (χ4n) is 1.72. The second kappa shape index (κ2) is 6.00. The molecular weight excluding hydrogens is 244 g/mol. The molecule has 2 rings (SSSR count). The number of benzene rings is 2. The Hall–Kier alpha value is -2.36. The summed E-state index contributed by atoms with van der Waals surface area (Å²) in [5.74, 6) is 1.89. The number of para-hydroxylation sites is 2. The van der Waals surface area contributed by atoms with E-state index >= 15 is 0 Å². The molecule has 0 heterocycles. The maximum absolute atomic E-state index is 9.68. The molecule has 0 aromatic heterocycles. The largest absolute Gasteiger partial charge is 0.504 e. The van der Waals surface area contributed by atoms with Crippen LogP contribution in [-0.4, -0.2) is 19.3 Å². The molecule has 4 heteroatoms. The number of aromatic hydroxyl groups is 1. The van der Waals surface area contributed by atoms with E-state index < -0.39 is 0 Å². The molecule has 4 nitrogen and oxygen atoms in total. The molecule has 0 saturated heterocycles. The minimum atomic E-state index is 0.101. The third kappa shape index (κ3) is 3.10. The number of hydrogen-bond donors (Lipinski definition) is 1. The summed E-state index contributed by atoms with van der Waals surface area (Å²) < 4.78 is 15.9. The SMILES string of the molecule is COc1ccc(COc2ccccc2OC)cc1O. The van der Waals surface area contributed by atoms with E-state index in [9.17, 15) is 5.11 Å². The van der Waals surface area contributed by atoms with Gasteiger partial charge in [-0.1, -0.05) is 18.2 Å². The average molecular weight is 260 g/mol. The topological polar surface area (TPSA) is 47.9 Å². The van der Waals surface area contributed by atoms with E-state index in [0.29, 0.717) is 23.9 Å². The van der Waals surface area contributed by atoms with Crippen molar-refractivity contribution in [2.24, 2.45) is 0 Å². The highest BCUT2D eigenvalue weighted by Gasteiger charge is 2.05. The van der Waals surface area contributed by atoms with E-state index in [2.05, 4.69) is 0 Å². The molecule has 0 spiro atoms. The maximum Gasteiger partial charge on any atom is 0.161 e. The lowest BCUT2D eigenvalue weighted by atomic mass is 10.2. The Labute approximate surface area is 112 Å². The van der Waals surface area contributed by atoms with E-state index in [4.69, 9.17) is 14.2 Å². The van der Waals surface area contributed by atoms with Crippen molar-refractivity contribution in [2.45, 2.75) is 6.61 Å². The minimum absolute atomic E-state index is 0.101. The van der Waals surface area contributed by atoms with Crippen LogP contribution in [0.25, 0.3) is 0 Å². The summed E-state index contributed by atoms with van der Waals surface area (Å²) in [6.07, 6.45) is 0. The van der Waals surface area contributed by atoms with Crippen LogP contribution in [0, 0.1) is 0 Å². The van der Waals surface area contributed by atoms with E-state index in [1.807, 2.05) is 30.3 Å². The first kappa shape index (κ1) is 13.1. The van der Waals surface area contributed by atoms with Crippen molar-refractivity contribution < 1.29 is 19.3 Å². The Morgan fingerprint density at radius 2 is 1.58 bits per heavy atom. The molecule has 0 unspecified atom stereocenters. The number of phenols is 1. The number of ether oxygens (including phenoxy) is 3. The van der Waals surface area contributed by atoms with Crippen LogP contribution in [0.5, 0.6) is 23.0 Å². The fourth-order valence-corrected chi connectivity index (χ4v) is 1.72. The van der Waals surface area contributed by atoms with Gasteiger partial charge >= 0.3 is 0 Å². The monoisotopic (exact) mass is 260 g/mol. The van der Waals surface area contributed by atoms with Crippen molar-refractivity contribution in [2.75, 3.05) is 14.2 Å². The zero-order valence-corrected chi connectivity index (χ0v) is 10.9. The molecular formula is C15H16O4. The molecule has 1 N–H and O–H groups in total. The second-order valence-electron chi connectivity index (χ2n) is 3.95. The summed E-state index contributed by atoms with van der Waals surface area (Å²) in [6, 6.07) is 12.6. The first-order chi connectivity index (χ1) is 9.24. The zero-order valence-electron chi connectivity index (χ0n) is 10.9. The Morgan fingerprint density at radius 3 is 2.21 bits per heavy atom. The van der Waals surface area contributed by atoms with Crippen LogP contribution in [-0.2, 0) is 6.61 Å². The molecule has 19 heavy (non-hydrogen) atoms. The van der Waals surface area contributed by atoms with Gasteiger partial charge in [-0.25, -0.2) is 0 Å². The van der Waals surface area contributed by atoms with E-state index in [0.717, 1.165) is 5.56 Å². The van der Waals surface area contributed by atoms with Crippen LogP contribution in [0.1, 0.15) is 5.56 Å². The molecule has 0 amide bonds. The Balaban J connectivity index is 2.08. The summed E-state index contributed by atoms with van der Waals surface area (Å²) in [6.45, 7) is 0.345. The highest BCUT2D eigenvalue weighted by Crippen LogP contribution is 2.29. The van der Waals surface area contributed by atoms with Crippen molar-refractivity contribution >= 4 is 0 Å². The van der Waals surface area contributed by atoms with Gasteiger partial charge < -0.3 is 19.3 Å². The van der Waals surface area contributed by atoms with E-state index in [-0.39, 0.29) is 5.75 Å². The lowest BCUT2D eigenvalue weighted by Gasteiger charge is -2.11. The third-order valence-corrected chi connectivity index (χ3v) is 2.71. The van der Waals surface area contributed by atoms with Crippen LogP contribution in [0.4, 0.5) is 0 Å². The van der Waals surface area contributed by atoms with Gasteiger partial charge in [0.2, 0.25) is 0 Å². The second-order valence-corrected chi connectivity index (χ2v) is 3.95. The Kier molecular flexibility index (Phi) is 4.13. The molecule has 0 atom stereocenters. The standard InChI is InChI=1S/C15H16O4/c1-17-13-8-7-11(9-12(13)16)10-19-15-6-4-3-5-14(15)18-2/h3-9,16H,10H2,1-2H3. The quantitative estimate of drug-likeness (QED) is 0.897. The van der Waals surface area contributed by atoms with Gasteiger partial charge in [0.05, 0.1) is 14.2 Å². The number of methoxy groups -OCH3 is 2. The van der Waals surface area contributed by atoms with Crippen LogP contribution in [0.2, 0.25) is 0 Å². The van der Waals surface area contributed by atoms with Gasteiger partial charge in [0.1, 0.15) is 6.61 Å². The smallest absolute Gasteiger partial charge is 0.161 e. The van der Waals surface area contributed by atoms with Crippen molar-refractivity contribution in [3.63, 3.8) is 0 Å². The minimum Gasteiger partial charge on any atom is -0.504 e. The van der Waals surface area contributed by atoms with Gasteiger partial charge in [-0.3, -0.25) is 0 Å². The summed E-state index contributed by atoms with van der Waals surface area (Å²) >= 11 is 0. The predicted octanol–water partition coefficient (Wildman–Crippen LogP) is 2.99. The molecule has 100 valence electrons. The first-order valence-corrected chi connectivity index (χ1v) is 5.86. The first-order valence-electron chi connectivity index (χ1n) is 5.86. The van der Waals surface area contributed by atoms with Gasteiger partial charge in [0.25, 0.3) is 0 Å². The van der Waals surface area contributed by atoms with Gasteiger partial charge in [0.15, 0.2) is 23.0 Å². The summed E-state index contributed by atoms with van der Waals surface area (Å²) in [5, 5.41) is 9.68. The molecule has 0 aliphatic heterocycles. The molecule has 2 aromatic rings. The predicted molar refractivity (Wildman–Crippen MR) is 72.0 cm³/mol. The Morgan fingerprint density at radius 1 is 0.895 bits per heavy atom. The lowest BCUT2D eigenvalue weighted by molar-refractivity contribution is 0.283. The molecule has 2 aromatic carbocycles. The van der Waals surface area contributed by atoms with Crippen molar-refractivity contribution in [3.8, 4) is 23.0 Å². The Bertz CT molecular complexity index is 552. The normalized spacial score (nSPS) is 10.0. The average Bonchev–Trinajstić information content (AvgIpc) is 2.45. The van der Waals surface area contributed by atoms with Gasteiger partial charge in [-0.2, -0.15) is 0 Å². The lowest BCUT2D eigenvalue weighted by Crippen LogP contribution is -1.97. The summed E-state index contributed by atoms with van der Waals surface area (Å²) in [7, 11) is 3.11. The van der Waals surface area contributed by atoms with Gasteiger partial charge in [0, 0.05) is 0 Å². The van der Waals surface area contributed by atoms with E-state index in [1.54, 1.807) is 19.2 Å². The molecule has 0 aliphatic carbocycles. The van der Waals surface area contributed by atoms with Crippen molar-refractivity contribution in [1.82, 2.24) is 0 Å². The number of rotatable bonds is 5.